The zero-order chi connectivity index (χ0) is 19.8. The van der Waals surface area contributed by atoms with Crippen LogP contribution in [0.3, 0.4) is 0 Å². The second kappa shape index (κ2) is 10.1. The molecular weight excluding hydrogens is 377 g/mol. The van der Waals surface area contributed by atoms with E-state index in [0.29, 0.717) is 25.1 Å². The molecule has 1 aliphatic rings. The number of nitrogens with zero attached hydrogens (tertiary/aromatic N) is 1. The molecule has 0 radical (unpaired) electrons. The lowest BCUT2D eigenvalue weighted by Crippen LogP contribution is -2.38. The molecule has 1 fully saturated rings. The third-order valence-corrected chi connectivity index (χ3v) is 5.49. The highest BCUT2D eigenvalue weighted by Gasteiger charge is 2.16. The van der Waals surface area contributed by atoms with Crippen molar-refractivity contribution in [1.29, 1.82) is 0 Å². The van der Waals surface area contributed by atoms with Crippen molar-refractivity contribution in [3.05, 3.63) is 65.5 Å². The van der Waals surface area contributed by atoms with E-state index in [0.717, 1.165) is 35.7 Å². The van der Waals surface area contributed by atoms with Crippen molar-refractivity contribution in [2.75, 3.05) is 36.5 Å². The van der Waals surface area contributed by atoms with Crippen molar-refractivity contribution in [1.82, 2.24) is 10.2 Å². The molecule has 0 bridgehead atoms. The molecule has 2 aromatic carbocycles. The first-order valence-corrected chi connectivity index (χ1v) is 10.5. The first-order valence-electron chi connectivity index (χ1n) is 9.34. The number of nitrogens with one attached hydrogen (secondary N) is 2. The van der Waals surface area contributed by atoms with E-state index in [1.807, 2.05) is 28.8 Å². The Morgan fingerprint density at radius 3 is 2.29 bits per heavy atom. The fraction of sp³-hybridized carbons (Fsp3) is 0.333. The van der Waals surface area contributed by atoms with Crippen molar-refractivity contribution in [2.24, 2.45) is 0 Å². The monoisotopic (exact) mass is 401 g/mol. The van der Waals surface area contributed by atoms with E-state index in [4.69, 9.17) is 0 Å². The van der Waals surface area contributed by atoms with Gasteiger partial charge in [-0.2, -0.15) is 11.8 Å². The Balaban J connectivity index is 1.41. The number of halogens is 1. The normalized spacial score (nSPS) is 13.8. The van der Waals surface area contributed by atoms with Gasteiger partial charge in [0.05, 0.1) is 6.42 Å². The summed E-state index contributed by atoms with van der Waals surface area (Å²) in [7, 11) is 0. The minimum atomic E-state index is -0.295. The van der Waals surface area contributed by atoms with Gasteiger partial charge >= 0.3 is 6.03 Å². The number of hydrogen-bond donors (Lipinski definition) is 2. The number of anilines is 1. The van der Waals surface area contributed by atoms with Gasteiger partial charge in [0.1, 0.15) is 5.82 Å². The van der Waals surface area contributed by atoms with Crippen molar-refractivity contribution in [3.8, 4) is 0 Å². The molecule has 1 heterocycles. The molecule has 0 aromatic heterocycles. The Labute approximate surface area is 168 Å². The van der Waals surface area contributed by atoms with Crippen LogP contribution < -0.4 is 10.6 Å². The number of hydrogen-bond acceptors (Lipinski definition) is 3. The van der Waals surface area contributed by atoms with Crippen LogP contribution in [0, 0.1) is 5.82 Å². The van der Waals surface area contributed by atoms with Crippen LogP contribution in [0.4, 0.5) is 14.9 Å². The lowest BCUT2D eigenvalue weighted by molar-refractivity contribution is -0.130. The van der Waals surface area contributed by atoms with E-state index >= 15 is 0 Å². The third kappa shape index (κ3) is 6.27. The minimum Gasteiger partial charge on any atom is -0.341 e. The Kier molecular flexibility index (Phi) is 7.31. The molecule has 28 heavy (non-hydrogen) atoms. The van der Waals surface area contributed by atoms with Gasteiger partial charge in [-0.15, -0.1) is 0 Å². The molecule has 0 spiro atoms. The first kappa shape index (κ1) is 20.2. The molecule has 1 saturated heterocycles. The van der Waals surface area contributed by atoms with Gasteiger partial charge in [0.2, 0.25) is 5.91 Å². The van der Waals surface area contributed by atoms with Crippen LogP contribution in [-0.2, 0) is 17.6 Å². The highest BCUT2D eigenvalue weighted by Crippen LogP contribution is 2.14. The van der Waals surface area contributed by atoms with Crippen LogP contribution in [0.15, 0.2) is 48.5 Å². The van der Waals surface area contributed by atoms with Gasteiger partial charge in [-0.3, -0.25) is 4.79 Å². The predicted octanol–water partition coefficient (Wildman–Crippen LogP) is 3.31. The van der Waals surface area contributed by atoms with Crippen LogP contribution >= 0.6 is 11.8 Å². The Hall–Kier alpha value is -2.54. The second-order valence-corrected chi connectivity index (χ2v) is 7.85. The number of amides is 3. The van der Waals surface area contributed by atoms with Gasteiger partial charge in [-0.25, -0.2) is 9.18 Å². The number of urea groups is 1. The quantitative estimate of drug-likeness (QED) is 0.781. The second-order valence-electron chi connectivity index (χ2n) is 6.62. The van der Waals surface area contributed by atoms with Crippen molar-refractivity contribution >= 4 is 29.4 Å². The van der Waals surface area contributed by atoms with E-state index in [-0.39, 0.29) is 17.8 Å². The number of carbonyl (C=O) groups excluding carboxylic acids is 2. The first-order chi connectivity index (χ1) is 13.6. The topological polar surface area (TPSA) is 61.4 Å². The zero-order valence-electron chi connectivity index (χ0n) is 15.6. The average molecular weight is 402 g/mol. The highest BCUT2D eigenvalue weighted by atomic mass is 32.2. The summed E-state index contributed by atoms with van der Waals surface area (Å²) in [6.45, 7) is 2.10. The summed E-state index contributed by atoms with van der Waals surface area (Å²) < 4.78 is 12.9. The molecule has 7 heteroatoms. The zero-order valence-corrected chi connectivity index (χ0v) is 16.4. The number of thioether (sulfide) groups is 1. The summed E-state index contributed by atoms with van der Waals surface area (Å²) in [5.74, 6) is 1.89. The summed E-state index contributed by atoms with van der Waals surface area (Å²) in [4.78, 5) is 26.2. The highest BCUT2D eigenvalue weighted by molar-refractivity contribution is 7.99. The molecular formula is C21H24FN3O2S. The van der Waals surface area contributed by atoms with Crippen LogP contribution in [0.25, 0.3) is 0 Å². The molecule has 5 nitrogen and oxygen atoms in total. The largest absolute Gasteiger partial charge is 0.341 e. The molecule has 3 rings (SSSR count). The van der Waals surface area contributed by atoms with Gasteiger partial charge in [0.25, 0.3) is 0 Å². The molecule has 0 aliphatic carbocycles. The average Bonchev–Trinajstić information content (AvgIpc) is 2.71. The summed E-state index contributed by atoms with van der Waals surface area (Å²) in [5.41, 5.74) is 2.57. The third-order valence-electron chi connectivity index (χ3n) is 4.54. The van der Waals surface area contributed by atoms with Gasteiger partial charge in [0, 0.05) is 36.8 Å². The fourth-order valence-electron chi connectivity index (χ4n) is 2.95. The molecule has 0 saturated carbocycles. The Bertz CT molecular complexity index is 790. The molecule has 2 N–H and O–H groups in total. The molecule has 2 aromatic rings. The Morgan fingerprint density at radius 1 is 0.964 bits per heavy atom. The molecule has 1 aliphatic heterocycles. The van der Waals surface area contributed by atoms with Gasteiger partial charge < -0.3 is 15.5 Å². The SMILES string of the molecule is O=C(NCCc1ccc(F)cc1)Nc1ccc(CC(=O)N2CCSCC2)cc1. The summed E-state index contributed by atoms with van der Waals surface area (Å²) >= 11 is 1.88. The standard InChI is InChI=1S/C21H24FN3O2S/c22-18-5-1-16(2-6-18)9-10-23-21(27)24-19-7-3-17(4-8-19)15-20(26)25-11-13-28-14-12-25/h1-8H,9-15H2,(H2,23,24,27). The van der Waals surface area contributed by atoms with Crippen molar-refractivity contribution in [2.45, 2.75) is 12.8 Å². The van der Waals surface area contributed by atoms with E-state index in [9.17, 15) is 14.0 Å². The molecule has 3 amide bonds. The van der Waals surface area contributed by atoms with Crippen LogP contribution in [0.2, 0.25) is 0 Å². The van der Waals surface area contributed by atoms with Crippen LogP contribution in [0.1, 0.15) is 11.1 Å². The summed E-state index contributed by atoms with van der Waals surface area (Å²) in [6.07, 6.45) is 1.01. The van der Waals surface area contributed by atoms with Gasteiger partial charge in [0.15, 0.2) is 0 Å². The van der Waals surface area contributed by atoms with E-state index in [1.165, 1.54) is 12.1 Å². The molecule has 0 atom stereocenters. The lowest BCUT2D eigenvalue weighted by atomic mass is 10.1. The van der Waals surface area contributed by atoms with Gasteiger partial charge in [-0.05, 0) is 41.8 Å². The number of rotatable bonds is 6. The number of benzene rings is 2. The van der Waals surface area contributed by atoms with E-state index in [1.54, 1.807) is 24.3 Å². The summed E-state index contributed by atoms with van der Waals surface area (Å²) in [5, 5.41) is 5.55. The van der Waals surface area contributed by atoms with Crippen LogP contribution in [0.5, 0.6) is 0 Å². The maximum atomic E-state index is 12.9. The predicted molar refractivity (Wildman–Crippen MR) is 111 cm³/mol. The van der Waals surface area contributed by atoms with Crippen molar-refractivity contribution < 1.29 is 14.0 Å². The lowest BCUT2D eigenvalue weighted by Gasteiger charge is -2.26. The maximum Gasteiger partial charge on any atom is 0.319 e. The minimum absolute atomic E-state index is 0.152. The fourth-order valence-corrected chi connectivity index (χ4v) is 3.85. The molecule has 148 valence electrons. The van der Waals surface area contributed by atoms with E-state index in [2.05, 4.69) is 10.6 Å². The summed E-state index contributed by atoms with van der Waals surface area (Å²) in [6, 6.07) is 13.3. The maximum absolute atomic E-state index is 12.9. The van der Waals surface area contributed by atoms with Crippen LogP contribution in [-0.4, -0.2) is 48.0 Å². The molecule has 0 unspecified atom stereocenters. The number of carbonyl (C=O) groups is 2. The Morgan fingerprint density at radius 2 is 1.61 bits per heavy atom. The van der Waals surface area contributed by atoms with E-state index < -0.39 is 0 Å². The van der Waals surface area contributed by atoms with Gasteiger partial charge in [-0.1, -0.05) is 24.3 Å². The van der Waals surface area contributed by atoms with Crippen molar-refractivity contribution in [3.63, 3.8) is 0 Å². The smallest absolute Gasteiger partial charge is 0.319 e.